The summed E-state index contributed by atoms with van der Waals surface area (Å²) >= 11 is 6.27. The number of carbonyl (C=O) groups excluding carboxylic acids is 1. The number of rotatable bonds is 0. The second-order valence-electron chi connectivity index (χ2n) is 8.74. The molecule has 0 aromatic rings. The summed E-state index contributed by atoms with van der Waals surface area (Å²) in [5, 5.41) is 11.3. The molecular weight excluding hydrogens is 308 g/mol. The first-order valence-electron chi connectivity index (χ1n) is 9.14. The van der Waals surface area contributed by atoms with Crippen molar-refractivity contribution in [1.82, 2.24) is 0 Å². The van der Waals surface area contributed by atoms with Crippen LogP contribution in [0, 0.1) is 28.6 Å². The Morgan fingerprint density at radius 1 is 1.17 bits per heavy atom. The zero-order valence-corrected chi connectivity index (χ0v) is 14.9. The van der Waals surface area contributed by atoms with Crippen LogP contribution >= 0.6 is 11.6 Å². The number of aliphatic hydroxyl groups excluding tert-OH is 1. The highest BCUT2D eigenvalue weighted by molar-refractivity contribution is 6.30. The van der Waals surface area contributed by atoms with Gasteiger partial charge in [0.2, 0.25) is 0 Å². The standard InChI is InChI=1S/C20H27ClO2/c1-19-9-7-13(22)11-12(19)3-4-14-15-5-6-17(21)18(23)20(15,2)10-8-16(14)19/h6,11,14-16,18,23H,3-5,7-10H2,1-2H3/t14-,15-,16-,18-,19-,20-/m0/s1. The van der Waals surface area contributed by atoms with Gasteiger partial charge in [-0.2, -0.15) is 0 Å². The van der Waals surface area contributed by atoms with Crippen molar-refractivity contribution in [3.63, 3.8) is 0 Å². The average Bonchev–Trinajstić information content (AvgIpc) is 2.52. The second kappa shape index (κ2) is 5.20. The lowest BCUT2D eigenvalue weighted by atomic mass is 9.45. The van der Waals surface area contributed by atoms with Crippen LogP contribution in [0.1, 0.15) is 58.8 Å². The van der Waals surface area contributed by atoms with Gasteiger partial charge < -0.3 is 5.11 Å². The molecular formula is C20H27ClO2. The number of hydrogen-bond acceptors (Lipinski definition) is 2. The Morgan fingerprint density at radius 3 is 2.74 bits per heavy atom. The molecule has 0 aliphatic heterocycles. The molecule has 4 aliphatic carbocycles. The molecule has 2 fully saturated rings. The van der Waals surface area contributed by atoms with E-state index in [0.29, 0.717) is 35.0 Å². The molecule has 0 heterocycles. The molecule has 0 aromatic carbocycles. The molecule has 0 spiro atoms. The van der Waals surface area contributed by atoms with Gasteiger partial charge in [-0.3, -0.25) is 4.79 Å². The first kappa shape index (κ1) is 15.9. The number of allylic oxidation sites excluding steroid dienone is 3. The predicted molar refractivity (Wildman–Crippen MR) is 92.0 cm³/mol. The minimum Gasteiger partial charge on any atom is -0.387 e. The SMILES string of the molecule is C[C@]12CC[C@H]3[C@@H](CCC4=CC(=O)CC[C@@]43C)[C@@H]1CC=C(Cl)[C@@H]2O. The summed E-state index contributed by atoms with van der Waals surface area (Å²) in [5.41, 5.74) is 1.53. The average molecular weight is 335 g/mol. The lowest BCUT2D eigenvalue weighted by Crippen LogP contribution is -2.55. The fraction of sp³-hybridized carbons (Fsp3) is 0.750. The quantitative estimate of drug-likeness (QED) is 0.702. The summed E-state index contributed by atoms with van der Waals surface area (Å²) in [4.78, 5) is 11.8. The number of fused-ring (bicyclic) bond motifs is 5. The van der Waals surface area contributed by atoms with Crippen molar-refractivity contribution < 1.29 is 9.90 Å². The Bertz CT molecular complexity index is 607. The van der Waals surface area contributed by atoms with E-state index < -0.39 is 6.10 Å². The van der Waals surface area contributed by atoms with E-state index in [9.17, 15) is 9.90 Å². The van der Waals surface area contributed by atoms with Crippen LogP contribution in [-0.4, -0.2) is 17.0 Å². The van der Waals surface area contributed by atoms with E-state index in [1.165, 1.54) is 5.57 Å². The molecule has 4 aliphatic rings. The number of aliphatic hydroxyl groups is 1. The Labute approximate surface area is 144 Å². The van der Waals surface area contributed by atoms with Crippen LogP contribution in [0.15, 0.2) is 22.8 Å². The van der Waals surface area contributed by atoms with Gasteiger partial charge in [-0.15, -0.1) is 0 Å². The monoisotopic (exact) mass is 334 g/mol. The van der Waals surface area contributed by atoms with Gasteiger partial charge in [-0.05, 0) is 67.8 Å². The lowest BCUT2D eigenvalue weighted by molar-refractivity contribution is -0.119. The van der Waals surface area contributed by atoms with Crippen LogP contribution in [0.3, 0.4) is 0 Å². The summed E-state index contributed by atoms with van der Waals surface area (Å²) in [6.07, 6.45) is 10.7. The van der Waals surface area contributed by atoms with Gasteiger partial charge >= 0.3 is 0 Å². The predicted octanol–water partition coefficient (Wildman–Crippen LogP) is 4.61. The Morgan fingerprint density at radius 2 is 1.96 bits per heavy atom. The number of halogens is 1. The molecule has 23 heavy (non-hydrogen) atoms. The number of ketones is 1. The smallest absolute Gasteiger partial charge is 0.155 e. The number of carbonyl (C=O) groups is 1. The van der Waals surface area contributed by atoms with Gasteiger partial charge in [0.05, 0.1) is 6.10 Å². The van der Waals surface area contributed by atoms with E-state index in [1.54, 1.807) is 0 Å². The molecule has 0 bridgehead atoms. The third-order valence-electron chi connectivity index (χ3n) is 7.85. The van der Waals surface area contributed by atoms with E-state index in [1.807, 2.05) is 6.08 Å². The molecule has 0 unspecified atom stereocenters. The van der Waals surface area contributed by atoms with E-state index in [4.69, 9.17) is 11.6 Å². The zero-order valence-electron chi connectivity index (χ0n) is 14.1. The third-order valence-corrected chi connectivity index (χ3v) is 8.21. The Hall–Kier alpha value is -0.600. The van der Waals surface area contributed by atoms with Gasteiger partial charge in [0, 0.05) is 16.9 Å². The maximum atomic E-state index is 11.8. The first-order valence-corrected chi connectivity index (χ1v) is 9.51. The summed E-state index contributed by atoms with van der Waals surface area (Å²) in [7, 11) is 0. The van der Waals surface area contributed by atoms with E-state index in [0.717, 1.165) is 38.5 Å². The third kappa shape index (κ3) is 2.14. The molecule has 0 radical (unpaired) electrons. The fourth-order valence-corrected chi connectivity index (χ4v) is 6.70. The van der Waals surface area contributed by atoms with Crippen molar-refractivity contribution in [2.24, 2.45) is 28.6 Å². The van der Waals surface area contributed by atoms with E-state index >= 15 is 0 Å². The molecule has 0 saturated heterocycles. The van der Waals surface area contributed by atoms with Crippen molar-refractivity contribution in [2.75, 3.05) is 0 Å². The van der Waals surface area contributed by atoms with Crippen molar-refractivity contribution >= 4 is 17.4 Å². The van der Waals surface area contributed by atoms with Crippen LogP contribution in [-0.2, 0) is 4.79 Å². The molecule has 4 rings (SSSR count). The molecule has 3 heteroatoms. The van der Waals surface area contributed by atoms with Crippen LogP contribution in [0.25, 0.3) is 0 Å². The highest BCUT2D eigenvalue weighted by Gasteiger charge is 2.57. The fourth-order valence-electron chi connectivity index (χ4n) is 6.36. The molecule has 1 N–H and O–H groups in total. The van der Waals surface area contributed by atoms with Crippen molar-refractivity contribution in [3.05, 3.63) is 22.8 Å². The first-order chi connectivity index (χ1) is 10.9. The number of hydrogen-bond donors (Lipinski definition) is 1. The lowest BCUT2D eigenvalue weighted by Gasteiger charge is -2.60. The maximum Gasteiger partial charge on any atom is 0.155 e. The van der Waals surface area contributed by atoms with Gasteiger partial charge in [-0.25, -0.2) is 0 Å². The van der Waals surface area contributed by atoms with Crippen molar-refractivity contribution in [1.29, 1.82) is 0 Å². The van der Waals surface area contributed by atoms with Gasteiger partial charge in [0.1, 0.15) is 0 Å². The largest absolute Gasteiger partial charge is 0.387 e. The van der Waals surface area contributed by atoms with Crippen molar-refractivity contribution in [3.8, 4) is 0 Å². The van der Waals surface area contributed by atoms with Crippen LogP contribution in [0.2, 0.25) is 0 Å². The highest BCUT2D eigenvalue weighted by Crippen LogP contribution is 2.64. The molecule has 0 aromatic heterocycles. The van der Waals surface area contributed by atoms with Crippen LogP contribution in [0.5, 0.6) is 0 Å². The minimum atomic E-state index is -0.499. The van der Waals surface area contributed by atoms with Gasteiger partial charge in [0.25, 0.3) is 0 Å². The van der Waals surface area contributed by atoms with Crippen molar-refractivity contribution in [2.45, 2.75) is 64.9 Å². The van der Waals surface area contributed by atoms with Gasteiger partial charge in [0.15, 0.2) is 5.78 Å². The Balaban J connectivity index is 1.70. The molecule has 0 amide bonds. The molecule has 6 atom stereocenters. The molecule has 126 valence electrons. The Kier molecular flexibility index (Phi) is 3.59. The zero-order chi connectivity index (χ0) is 16.4. The second-order valence-corrected chi connectivity index (χ2v) is 9.18. The molecule has 2 saturated carbocycles. The van der Waals surface area contributed by atoms with E-state index in [-0.39, 0.29) is 10.8 Å². The van der Waals surface area contributed by atoms with Crippen LogP contribution in [0.4, 0.5) is 0 Å². The van der Waals surface area contributed by atoms with Crippen LogP contribution < -0.4 is 0 Å². The minimum absolute atomic E-state index is 0.0743. The summed E-state index contributed by atoms with van der Waals surface area (Å²) in [6.45, 7) is 4.64. The summed E-state index contributed by atoms with van der Waals surface area (Å²) < 4.78 is 0. The maximum absolute atomic E-state index is 11.8. The normalized spacial score (nSPS) is 49.5. The topological polar surface area (TPSA) is 37.3 Å². The van der Waals surface area contributed by atoms with E-state index in [2.05, 4.69) is 19.9 Å². The summed E-state index contributed by atoms with van der Waals surface area (Å²) in [5.74, 6) is 2.15. The summed E-state index contributed by atoms with van der Waals surface area (Å²) in [6, 6.07) is 0. The van der Waals surface area contributed by atoms with Gasteiger partial charge in [-0.1, -0.05) is 37.1 Å². The highest BCUT2D eigenvalue weighted by atomic mass is 35.5. The molecule has 2 nitrogen and oxygen atoms in total.